The van der Waals surface area contributed by atoms with Gasteiger partial charge in [-0.05, 0) is 61.2 Å². The van der Waals surface area contributed by atoms with Gasteiger partial charge in [0.05, 0.1) is 17.7 Å². The summed E-state index contributed by atoms with van der Waals surface area (Å²) >= 11 is 0. The van der Waals surface area contributed by atoms with Crippen LogP contribution in [-0.2, 0) is 17.8 Å². The summed E-state index contributed by atoms with van der Waals surface area (Å²) in [6.07, 6.45) is 2.74. The zero-order chi connectivity index (χ0) is 28.6. The molecule has 5 rings (SSSR count). The molecule has 4 aromatic rings. The third-order valence-electron chi connectivity index (χ3n) is 7.43. The van der Waals surface area contributed by atoms with Crippen molar-refractivity contribution in [2.45, 2.75) is 44.9 Å². The van der Waals surface area contributed by atoms with E-state index in [-0.39, 0.29) is 11.8 Å². The number of hydrogen-bond acceptors (Lipinski definition) is 6. The molecule has 0 spiro atoms. The molecule has 1 aliphatic rings. The number of aliphatic hydroxyl groups excluding tert-OH is 1. The maximum Gasteiger partial charge on any atom is 0.251 e. The van der Waals surface area contributed by atoms with E-state index < -0.39 is 12.1 Å². The van der Waals surface area contributed by atoms with E-state index in [4.69, 9.17) is 0 Å². The van der Waals surface area contributed by atoms with Crippen LogP contribution in [0.4, 0.5) is 11.4 Å². The molecule has 0 aliphatic carbocycles. The topological polar surface area (TPSA) is 107 Å². The van der Waals surface area contributed by atoms with Gasteiger partial charge in [0.1, 0.15) is 0 Å². The van der Waals surface area contributed by atoms with Crippen LogP contribution in [0.3, 0.4) is 0 Å². The fourth-order valence-electron chi connectivity index (χ4n) is 5.33. The third-order valence-corrected chi connectivity index (χ3v) is 7.43. The fraction of sp³-hybridized carbons (Fsp3) is 0.303. The summed E-state index contributed by atoms with van der Waals surface area (Å²) < 4.78 is 0. The Labute approximate surface area is 240 Å². The molecule has 1 saturated heterocycles. The zero-order valence-corrected chi connectivity index (χ0v) is 23.3. The maximum atomic E-state index is 13.6. The lowest BCUT2D eigenvalue weighted by Gasteiger charge is -2.26. The zero-order valence-electron chi connectivity index (χ0n) is 23.3. The van der Waals surface area contributed by atoms with Crippen molar-refractivity contribution in [2.24, 2.45) is 0 Å². The predicted molar refractivity (Wildman–Crippen MR) is 163 cm³/mol. The van der Waals surface area contributed by atoms with Crippen LogP contribution in [0, 0.1) is 0 Å². The van der Waals surface area contributed by atoms with Crippen LogP contribution in [-0.4, -0.2) is 53.7 Å². The molecule has 0 bridgehead atoms. The minimum absolute atomic E-state index is 0.0652. The molecule has 41 heavy (non-hydrogen) atoms. The smallest absolute Gasteiger partial charge is 0.251 e. The molecule has 2 unspecified atom stereocenters. The minimum Gasteiger partial charge on any atom is -0.390 e. The number of fused-ring (bicyclic) bond motifs is 1. The molecule has 2 amide bonds. The van der Waals surface area contributed by atoms with Crippen LogP contribution in [0.1, 0.15) is 41.3 Å². The summed E-state index contributed by atoms with van der Waals surface area (Å²) in [6.45, 7) is 4.17. The Hall–Kier alpha value is -4.27. The van der Waals surface area contributed by atoms with Crippen molar-refractivity contribution in [3.63, 3.8) is 0 Å². The highest BCUT2D eigenvalue weighted by molar-refractivity contribution is 6.00. The molecule has 2 heterocycles. The van der Waals surface area contributed by atoms with Crippen molar-refractivity contribution in [3.8, 4) is 0 Å². The van der Waals surface area contributed by atoms with Crippen LogP contribution in [0.25, 0.3) is 10.9 Å². The Kier molecular flexibility index (Phi) is 9.23. The summed E-state index contributed by atoms with van der Waals surface area (Å²) in [5.74, 6) is -0.229. The van der Waals surface area contributed by atoms with Gasteiger partial charge in [0.15, 0.2) is 0 Å². The molecule has 3 aromatic carbocycles. The van der Waals surface area contributed by atoms with Crippen molar-refractivity contribution in [2.75, 3.05) is 29.9 Å². The first-order chi connectivity index (χ1) is 20.0. The lowest BCUT2D eigenvalue weighted by molar-refractivity contribution is -0.117. The number of aromatic nitrogens is 1. The van der Waals surface area contributed by atoms with Crippen LogP contribution in [0.2, 0.25) is 0 Å². The number of hydrogen-bond donors (Lipinski definition) is 4. The van der Waals surface area contributed by atoms with Gasteiger partial charge in [-0.3, -0.25) is 14.6 Å². The molecule has 1 fully saturated rings. The van der Waals surface area contributed by atoms with Gasteiger partial charge in [0.25, 0.3) is 5.91 Å². The Bertz CT molecular complexity index is 1490. The molecule has 8 nitrogen and oxygen atoms in total. The Morgan fingerprint density at radius 3 is 2.63 bits per heavy atom. The van der Waals surface area contributed by atoms with Crippen LogP contribution in [0.5, 0.6) is 0 Å². The normalized spacial score (nSPS) is 14.7. The standard InChI is InChI=1S/C33H37N5O3/c1-2-35-26-18-25(19-27(20-26)38-16-8-13-32(38)40)33(41)37-30(17-23-9-4-3-5-10-23)31(39)22-34-21-24-14-15-36-29-12-7-6-11-28(24)29/h3-7,9-12,14-15,18-20,30-31,34-35,39H,2,8,13,16-17,21-22H2,1H3,(H,37,41). The van der Waals surface area contributed by atoms with Crippen LogP contribution in [0.15, 0.2) is 85.1 Å². The fourth-order valence-corrected chi connectivity index (χ4v) is 5.33. The summed E-state index contributed by atoms with van der Waals surface area (Å²) in [5, 5.41) is 22.1. The van der Waals surface area contributed by atoms with Gasteiger partial charge in [-0.1, -0.05) is 48.5 Å². The Morgan fingerprint density at radius 1 is 1.05 bits per heavy atom. The molecule has 2 atom stereocenters. The molecular weight excluding hydrogens is 514 g/mol. The summed E-state index contributed by atoms with van der Waals surface area (Å²) in [7, 11) is 0. The number of pyridine rings is 1. The van der Waals surface area contributed by atoms with Crippen molar-refractivity contribution in [1.82, 2.24) is 15.6 Å². The van der Waals surface area contributed by atoms with E-state index >= 15 is 0 Å². The average molecular weight is 552 g/mol. The van der Waals surface area contributed by atoms with Crippen LogP contribution < -0.4 is 20.9 Å². The first-order valence-corrected chi connectivity index (χ1v) is 14.3. The highest BCUT2D eigenvalue weighted by atomic mass is 16.3. The van der Waals surface area contributed by atoms with E-state index in [9.17, 15) is 14.7 Å². The largest absolute Gasteiger partial charge is 0.390 e. The number of rotatable bonds is 12. The number of para-hydroxylation sites is 1. The second-order valence-corrected chi connectivity index (χ2v) is 10.4. The number of nitrogens with zero attached hydrogens (tertiary/aromatic N) is 2. The van der Waals surface area contributed by atoms with Crippen molar-refractivity contribution >= 4 is 34.1 Å². The molecule has 1 aromatic heterocycles. The van der Waals surface area contributed by atoms with Gasteiger partial charge >= 0.3 is 0 Å². The monoisotopic (exact) mass is 551 g/mol. The quantitative estimate of drug-likeness (QED) is 0.209. The first kappa shape index (κ1) is 28.3. The second-order valence-electron chi connectivity index (χ2n) is 10.4. The van der Waals surface area contributed by atoms with Gasteiger partial charge in [-0.2, -0.15) is 0 Å². The maximum absolute atomic E-state index is 13.6. The number of anilines is 2. The van der Waals surface area contributed by atoms with E-state index in [2.05, 4.69) is 20.9 Å². The van der Waals surface area contributed by atoms with E-state index in [0.717, 1.165) is 34.1 Å². The SMILES string of the molecule is CCNc1cc(C(=O)NC(Cc2ccccc2)C(O)CNCc2ccnc3ccccc23)cc(N2CCCC2=O)c1. The van der Waals surface area contributed by atoms with Gasteiger partial charge in [0.2, 0.25) is 5.91 Å². The van der Waals surface area contributed by atoms with Crippen molar-refractivity contribution in [3.05, 3.63) is 102 Å². The third kappa shape index (κ3) is 7.09. The molecule has 8 heteroatoms. The first-order valence-electron chi connectivity index (χ1n) is 14.3. The number of amides is 2. The molecule has 1 aliphatic heterocycles. The number of aliphatic hydroxyl groups is 1. The minimum atomic E-state index is -0.844. The number of carbonyl (C=O) groups is 2. The van der Waals surface area contributed by atoms with Gasteiger partial charge in [0, 0.05) is 61.1 Å². The molecule has 212 valence electrons. The van der Waals surface area contributed by atoms with Crippen molar-refractivity contribution < 1.29 is 14.7 Å². The highest BCUT2D eigenvalue weighted by Crippen LogP contribution is 2.27. The number of benzene rings is 3. The molecule has 0 radical (unpaired) electrons. The van der Waals surface area contributed by atoms with Gasteiger partial charge in [-0.25, -0.2) is 0 Å². The lowest BCUT2D eigenvalue weighted by atomic mass is 10.00. The lowest BCUT2D eigenvalue weighted by Crippen LogP contribution is -2.48. The molecule has 0 saturated carbocycles. The summed E-state index contributed by atoms with van der Waals surface area (Å²) in [4.78, 5) is 32.2. The van der Waals surface area contributed by atoms with E-state index in [1.807, 2.05) is 73.7 Å². The second kappa shape index (κ2) is 13.4. The van der Waals surface area contributed by atoms with E-state index in [0.29, 0.717) is 50.3 Å². The Balaban J connectivity index is 1.32. The molecule has 4 N–H and O–H groups in total. The molecular formula is C33H37N5O3. The predicted octanol–water partition coefficient (Wildman–Crippen LogP) is 4.29. The van der Waals surface area contributed by atoms with Crippen molar-refractivity contribution in [1.29, 1.82) is 0 Å². The number of carbonyl (C=O) groups excluding carboxylic acids is 2. The summed E-state index contributed by atoms with van der Waals surface area (Å²) in [5.41, 5.74) is 4.97. The van der Waals surface area contributed by atoms with E-state index in [1.165, 1.54) is 0 Å². The Morgan fingerprint density at radius 2 is 1.85 bits per heavy atom. The van der Waals surface area contributed by atoms with Crippen LogP contribution >= 0.6 is 0 Å². The van der Waals surface area contributed by atoms with Gasteiger partial charge in [-0.15, -0.1) is 0 Å². The van der Waals surface area contributed by atoms with Gasteiger partial charge < -0.3 is 26.0 Å². The number of nitrogens with one attached hydrogen (secondary N) is 3. The van der Waals surface area contributed by atoms with E-state index in [1.54, 1.807) is 23.2 Å². The average Bonchev–Trinajstić information content (AvgIpc) is 3.43. The highest BCUT2D eigenvalue weighted by Gasteiger charge is 2.26. The summed E-state index contributed by atoms with van der Waals surface area (Å²) in [6, 6.07) is 24.7.